The van der Waals surface area contributed by atoms with Gasteiger partial charge in [-0.3, -0.25) is 4.79 Å². The van der Waals surface area contributed by atoms with E-state index in [4.69, 9.17) is 0 Å². The summed E-state index contributed by atoms with van der Waals surface area (Å²) in [7, 11) is 0. The van der Waals surface area contributed by atoms with E-state index in [1.54, 1.807) is 18.3 Å². The highest BCUT2D eigenvalue weighted by molar-refractivity contribution is 7.10. The third-order valence-electron chi connectivity index (χ3n) is 2.94. The molecule has 2 rings (SSSR count). The van der Waals surface area contributed by atoms with Gasteiger partial charge in [-0.05, 0) is 23.9 Å². The second kappa shape index (κ2) is 5.99. The summed E-state index contributed by atoms with van der Waals surface area (Å²) in [5.74, 6) is -0.0707. The van der Waals surface area contributed by atoms with E-state index < -0.39 is 5.60 Å². The highest BCUT2D eigenvalue weighted by Crippen LogP contribution is 2.19. The second-order valence-corrected chi connectivity index (χ2v) is 5.70. The summed E-state index contributed by atoms with van der Waals surface area (Å²) in [5, 5.41) is 15.1. The summed E-state index contributed by atoms with van der Waals surface area (Å²) in [6.45, 7) is 1.91. The van der Waals surface area contributed by atoms with Crippen molar-refractivity contribution in [3.63, 3.8) is 0 Å². The van der Waals surface area contributed by atoms with Gasteiger partial charge < -0.3 is 10.4 Å². The Hall–Kier alpha value is -1.65. The van der Waals surface area contributed by atoms with Crippen LogP contribution in [-0.4, -0.2) is 17.6 Å². The van der Waals surface area contributed by atoms with Crippen molar-refractivity contribution in [1.82, 2.24) is 5.32 Å². The van der Waals surface area contributed by atoms with Crippen LogP contribution in [0.15, 0.2) is 47.8 Å². The van der Waals surface area contributed by atoms with Gasteiger partial charge in [0.25, 0.3) is 0 Å². The summed E-state index contributed by atoms with van der Waals surface area (Å²) < 4.78 is 0. The smallest absolute Gasteiger partial charge is 0.225 e. The highest BCUT2D eigenvalue weighted by Gasteiger charge is 2.23. The van der Waals surface area contributed by atoms with Crippen LogP contribution in [-0.2, 0) is 16.8 Å². The van der Waals surface area contributed by atoms with Crippen molar-refractivity contribution in [1.29, 1.82) is 0 Å². The van der Waals surface area contributed by atoms with E-state index in [1.807, 2.05) is 47.8 Å². The fraction of sp³-hybridized carbons (Fsp3) is 0.267. The maximum absolute atomic E-state index is 11.8. The van der Waals surface area contributed by atoms with E-state index in [0.29, 0.717) is 6.42 Å². The van der Waals surface area contributed by atoms with E-state index in [-0.39, 0.29) is 12.5 Å². The normalized spacial score (nSPS) is 13.8. The van der Waals surface area contributed by atoms with Crippen LogP contribution in [0.3, 0.4) is 0 Å². The van der Waals surface area contributed by atoms with Crippen molar-refractivity contribution >= 4 is 17.2 Å². The molecule has 0 aliphatic rings. The Morgan fingerprint density at radius 3 is 2.63 bits per heavy atom. The molecule has 2 aromatic rings. The maximum atomic E-state index is 11.8. The predicted octanol–water partition coefficient (Wildman–Crippen LogP) is 2.31. The van der Waals surface area contributed by atoms with Gasteiger partial charge in [0.05, 0.1) is 13.0 Å². The van der Waals surface area contributed by atoms with Crippen LogP contribution in [0.25, 0.3) is 0 Å². The van der Waals surface area contributed by atoms with E-state index in [2.05, 4.69) is 5.32 Å². The first-order valence-corrected chi connectivity index (χ1v) is 7.03. The molecule has 0 spiro atoms. The van der Waals surface area contributed by atoms with Gasteiger partial charge in [0.15, 0.2) is 0 Å². The predicted molar refractivity (Wildman–Crippen MR) is 77.0 cm³/mol. The molecule has 1 heterocycles. The third-order valence-corrected chi connectivity index (χ3v) is 3.82. The van der Waals surface area contributed by atoms with Crippen molar-refractivity contribution < 1.29 is 9.90 Å². The molecule has 1 aromatic heterocycles. The van der Waals surface area contributed by atoms with Crippen LogP contribution in [0.4, 0.5) is 0 Å². The molecule has 0 fully saturated rings. The van der Waals surface area contributed by atoms with Crippen LogP contribution in [0.2, 0.25) is 0 Å². The molecule has 0 aliphatic carbocycles. The lowest BCUT2D eigenvalue weighted by Crippen LogP contribution is -2.39. The third kappa shape index (κ3) is 3.91. The summed E-state index contributed by atoms with van der Waals surface area (Å²) in [4.78, 5) is 12.8. The zero-order valence-electron chi connectivity index (χ0n) is 10.8. The van der Waals surface area contributed by atoms with E-state index >= 15 is 0 Å². The maximum Gasteiger partial charge on any atom is 0.225 e. The molecule has 0 saturated heterocycles. The van der Waals surface area contributed by atoms with E-state index in [0.717, 1.165) is 10.4 Å². The minimum atomic E-state index is -1.05. The Balaban J connectivity index is 1.89. The molecule has 1 atom stereocenters. The Morgan fingerprint density at radius 2 is 2.00 bits per heavy atom. The standard InChI is InChI=1S/C15H17NO2S/c1-15(18,12-6-3-2-4-7-12)11-16-14(17)10-13-8-5-9-19-13/h2-9,18H,10-11H2,1H3,(H,16,17). The number of hydrogen-bond acceptors (Lipinski definition) is 3. The zero-order chi connectivity index (χ0) is 13.7. The van der Waals surface area contributed by atoms with Crippen LogP contribution in [0.1, 0.15) is 17.4 Å². The Morgan fingerprint density at radius 1 is 1.26 bits per heavy atom. The SMILES string of the molecule is CC(O)(CNC(=O)Cc1cccs1)c1ccccc1. The molecule has 100 valence electrons. The number of thiophene rings is 1. The molecule has 1 aromatic carbocycles. The molecule has 0 saturated carbocycles. The average molecular weight is 275 g/mol. The highest BCUT2D eigenvalue weighted by atomic mass is 32.1. The van der Waals surface area contributed by atoms with Gasteiger partial charge in [-0.15, -0.1) is 11.3 Å². The number of amides is 1. The number of nitrogens with one attached hydrogen (secondary N) is 1. The van der Waals surface area contributed by atoms with Crippen molar-refractivity contribution in [2.75, 3.05) is 6.54 Å². The van der Waals surface area contributed by atoms with E-state index in [1.165, 1.54) is 0 Å². The second-order valence-electron chi connectivity index (χ2n) is 4.67. The van der Waals surface area contributed by atoms with Crippen molar-refractivity contribution in [3.8, 4) is 0 Å². The molecule has 1 unspecified atom stereocenters. The van der Waals surface area contributed by atoms with Crippen molar-refractivity contribution in [3.05, 3.63) is 58.3 Å². The quantitative estimate of drug-likeness (QED) is 0.880. The van der Waals surface area contributed by atoms with Crippen LogP contribution >= 0.6 is 11.3 Å². The Kier molecular flexibility index (Phi) is 4.35. The number of aliphatic hydroxyl groups is 1. The van der Waals surface area contributed by atoms with Gasteiger partial charge in [-0.25, -0.2) is 0 Å². The number of rotatable bonds is 5. The largest absolute Gasteiger partial charge is 0.384 e. The molecule has 3 nitrogen and oxygen atoms in total. The lowest BCUT2D eigenvalue weighted by molar-refractivity contribution is -0.121. The van der Waals surface area contributed by atoms with Gasteiger partial charge in [-0.1, -0.05) is 36.4 Å². The fourth-order valence-corrected chi connectivity index (χ4v) is 2.51. The molecule has 4 heteroatoms. The first kappa shape index (κ1) is 13.8. The molecule has 19 heavy (non-hydrogen) atoms. The number of carbonyl (C=O) groups excluding carboxylic acids is 1. The van der Waals surface area contributed by atoms with Crippen molar-refractivity contribution in [2.24, 2.45) is 0 Å². The van der Waals surface area contributed by atoms with Gasteiger partial charge in [-0.2, -0.15) is 0 Å². The van der Waals surface area contributed by atoms with Crippen LogP contribution in [0, 0.1) is 0 Å². The summed E-state index contributed by atoms with van der Waals surface area (Å²) in [6, 6.07) is 13.2. The molecule has 0 bridgehead atoms. The number of benzene rings is 1. The summed E-state index contributed by atoms with van der Waals surface area (Å²) in [6.07, 6.45) is 0.364. The zero-order valence-corrected chi connectivity index (χ0v) is 11.6. The molecule has 0 radical (unpaired) electrons. The van der Waals surface area contributed by atoms with Crippen LogP contribution in [0.5, 0.6) is 0 Å². The molecule has 0 aliphatic heterocycles. The lowest BCUT2D eigenvalue weighted by atomic mass is 9.96. The van der Waals surface area contributed by atoms with Crippen LogP contribution < -0.4 is 5.32 Å². The molecule has 1 amide bonds. The lowest BCUT2D eigenvalue weighted by Gasteiger charge is -2.24. The van der Waals surface area contributed by atoms with Gasteiger partial charge in [0.2, 0.25) is 5.91 Å². The van der Waals surface area contributed by atoms with Gasteiger partial charge >= 0.3 is 0 Å². The van der Waals surface area contributed by atoms with Gasteiger partial charge in [0, 0.05) is 4.88 Å². The Labute approximate surface area is 116 Å². The number of carbonyl (C=O) groups is 1. The first-order valence-electron chi connectivity index (χ1n) is 6.15. The first-order chi connectivity index (χ1) is 9.08. The fourth-order valence-electron chi connectivity index (χ4n) is 1.80. The summed E-state index contributed by atoms with van der Waals surface area (Å²) in [5.41, 5.74) is -0.252. The van der Waals surface area contributed by atoms with Crippen molar-refractivity contribution in [2.45, 2.75) is 18.9 Å². The van der Waals surface area contributed by atoms with E-state index in [9.17, 15) is 9.90 Å². The molecular formula is C15H17NO2S. The topological polar surface area (TPSA) is 49.3 Å². The average Bonchev–Trinajstić information content (AvgIpc) is 2.90. The van der Waals surface area contributed by atoms with Gasteiger partial charge in [0.1, 0.15) is 5.60 Å². The molecular weight excluding hydrogens is 258 g/mol. The number of hydrogen-bond donors (Lipinski definition) is 2. The monoisotopic (exact) mass is 275 g/mol. The summed E-state index contributed by atoms with van der Waals surface area (Å²) >= 11 is 1.56. The molecule has 2 N–H and O–H groups in total. The minimum Gasteiger partial charge on any atom is -0.384 e. The minimum absolute atomic E-state index is 0.0707. The Bertz CT molecular complexity index is 520.